The predicted octanol–water partition coefficient (Wildman–Crippen LogP) is 6.73. The van der Waals surface area contributed by atoms with Crippen LogP contribution < -0.4 is 36.5 Å². The number of rotatable bonds is 14. The molecule has 21 nitrogen and oxygen atoms in total. The molecule has 0 aliphatic heterocycles. The molecule has 0 aliphatic carbocycles. The van der Waals surface area contributed by atoms with Crippen LogP contribution >= 0.6 is 0 Å². The van der Waals surface area contributed by atoms with Crippen molar-refractivity contribution in [3.8, 4) is 23.0 Å². The van der Waals surface area contributed by atoms with Crippen molar-refractivity contribution >= 4 is 102 Å². The van der Waals surface area contributed by atoms with Crippen molar-refractivity contribution in [2.45, 2.75) is 13.8 Å². The Hall–Kier alpha value is -9.66. The lowest BCUT2D eigenvalue weighted by Gasteiger charge is -2.15. The molecule has 0 atom stereocenters. The molecule has 0 fully saturated rings. The van der Waals surface area contributed by atoms with Gasteiger partial charge in [0.2, 0.25) is 0 Å². The third kappa shape index (κ3) is 9.28. The number of amides is 5. The molecule has 0 radical (unpaired) electrons. The number of ether oxygens (including phenoxy) is 2. The topological polar surface area (TPSA) is 327 Å². The molecule has 0 saturated heterocycles. The number of carbonyl (C=O) groups is 6. The molecule has 0 aliphatic rings. The van der Waals surface area contributed by atoms with Gasteiger partial charge in [-0.3, -0.25) is 14.4 Å². The monoisotopic (exact) mass is 919 g/mol. The largest absolute Gasteiger partial charge is 0.507 e. The highest BCUT2D eigenvalue weighted by Gasteiger charge is 2.23. The van der Waals surface area contributed by atoms with Gasteiger partial charge in [-0.25, -0.2) is 34.3 Å². The van der Waals surface area contributed by atoms with E-state index in [1.165, 1.54) is 54.6 Å². The number of aromatic nitrogens is 4. The number of hydrogen-bond acceptors (Lipinski definition) is 14. The Balaban J connectivity index is 1.09. The zero-order valence-electron chi connectivity index (χ0n) is 35.7. The second kappa shape index (κ2) is 18.4. The number of para-hydroxylation sites is 4. The number of carboxylic acid groups (broad SMARTS) is 2. The Labute approximate surface area is 382 Å². The third-order valence-corrected chi connectivity index (χ3v) is 10.1. The van der Waals surface area contributed by atoms with Crippen molar-refractivity contribution in [3.05, 3.63) is 120 Å². The number of pyridine rings is 4. The molecule has 8 rings (SSSR count). The molecule has 10 N–H and O–H groups in total. The number of primary amides is 1. The van der Waals surface area contributed by atoms with Gasteiger partial charge < -0.3 is 56.9 Å². The predicted molar refractivity (Wildman–Crippen MR) is 248 cm³/mol. The van der Waals surface area contributed by atoms with Gasteiger partial charge in [0.15, 0.2) is 12.3 Å². The molecule has 0 spiro atoms. The van der Waals surface area contributed by atoms with Gasteiger partial charge in [0.1, 0.15) is 40.1 Å². The minimum absolute atomic E-state index is 0.00272. The standard InChI is InChI=1S/C47H37N9O12/c1-21(2)19-67-36-17-32(51-42-24(36)10-6-14-29(42)56-47(48)66)45(63)54-27-12-4-8-23-34(57)15-30(49-40(23)27)43(61)53-26-11-3-7-22-35(58)16-31(50-39(22)26)44(62)55-28-13-5-9-25-37(68-20-38(59)60)18-33(46(64)65)52-41(25)28/h3-18,21H,19-20H2,1-2H3,(H,49,57)(H,50,58)(H,53,61)(H,54,63)(H,55,62)(H,59,60)(H,64,65)(H3,48,56,66). The van der Waals surface area contributed by atoms with Crippen molar-refractivity contribution in [2.75, 3.05) is 34.5 Å². The number of aromatic hydroxyl groups is 2. The van der Waals surface area contributed by atoms with E-state index in [1.807, 2.05) is 13.8 Å². The average Bonchev–Trinajstić information content (AvgIpc) is 3.30. The van der Waals surface area contributed by atoms with Gasteiger partial charge in [-0.1, -0.05) is 38.1 Å². The van der Waals surface area contributed by atoms with Crippen LogP contribution in [0.1, 0.15) is 55.8 Å². The number of hydrogen-bond donors (Lipinski definition) is 9. The Kier molecular flexibility index (Phi) is 12.2. The smallest absolute Gasteiger partial charge is 0.354 e. The molecule has 342 valence electrons. The number of urea groups is 1. The highest BCUT2D eigenvalue weighted by Crippen LogP contribution is 2.36. The highest BCUT2D eigenvalue weighted by atomic mass is 16.5. The number of aromatic carboxylic acids is 1. The average molecular weight is 920 g/mol. The lowest BCUT2D eigenvalue weighted by atomic mass is 10.1. The van der Waals surface area contributed by atoms with Crippen LogP contribution in [0.2, 0.25) is 0 Å². The number of carbonyl (C=O) groups excluding carboxylic acids is 4. The van der Waals surface area contributed by atoms with Crippen LogP contribution in [-0.2, 0) is 4.79 Å². The first kappa shape index (κ1) is 44.9. The molecular weight excluding hydrogens is 883 g/mol. The first-order valence-corrected chi connectivity index (χ1v) is 20.4. The first-order chi connectivity index (χ1) is 32.5. The van der Waals surface area contributed by atoms with E-state index in [0.29, 0.717) is 17.7 Å². The summed E-state index contributed by atoms with van der Waals surface area (Å²) in [5, 5.41) is 52.6. The minimum Gasteiger partial charge on any atom is -0.507 e. The molecule has 21 heteroatoms. The van der Waals surface area contributed by atoms with E-state index in [9.17, 15) is 44.1 Å². The maximum Gasteiger partial charge on any atom is 0.354 e. The van der Waals surface area contributed by atoms with Crippen LogP contribution in [0.4, 0.5) is 27.5 Å². The number of benzene rings is 4. The molecule has 0 saturated carbocycles. The SMILES string of the molecule is CC(C)COc1cc(C(=O)Nc2cccc3c(O)cc(C(=O)Nc4cccc5c(O)cc(C(=O)Nc6cccc7c(OCC(=O)O)cc(C(=O)O)nc67)nc45)nc23)nc2c(NC(N)=O)cccc12. The van der Waals surface area contributed by atoms with Crippen LogP contribution in [-0.4, -0.2) is 89.3 Å². The van der Waals surface area contributed by atoms with Gasteiger partial charge in [-0.15, -0.1) is 0 Å². The van der Waals surface area contributed by atoms with Crippen LogP contribution in [0.3, 0.4) is 0 Å². The lowest BCUT2D eigenvalue weighted by molar-refractivity contribution is -0.139. The van der Waals surface area contributed by atoms with Gasteiger partial charge in [0.05, 0.1) is 51.4 Å². The second-order valence-corrected chi connectivity index (χ2v) is 15.4. The van der Waals surface area contributed by atoms with Gasteiger partial charge in [-0.2, -0.15) is 0 Å². The maximum atomic E-state index is 13.9. The molecule has 4 aromatic carbocycles. The van der Waals surface area contributed by atoms with Crippen LogP contribution in [0.25, 0.3) is 43.6 Å². The summed E-state index contributed by atoms with van der Waals surface area (Å²) in [6, 6.07) is 22.2. The van der Waals surface area contributed by atoms with Gasteiger partial charge in [-0.05, 0) is 54.4 Å². The van der Waals surface area contributed by atoms with E-state index in [1.54, 1.807) is 24.3 Å². The summed E-state index contributed by atoms with van der Waals surface area (Å²) >= 11 is 0. The summed E-state index contributed by atoms with van der Waals surface area (Å²) in [7, 11) is 0. The van der Waals surface area contributed by atoms with Crippen LogP contribution in [0.15, 0.2) is 97.1 Å². The van der Waals surface area contributed by atoms with E-state index in [-0.39, 0.29) is 95.5 Å². The second-order valence-electron chi connectivity index (χ2n) is 15.4. The molecule has 5 amide bonds. The minimum atomic E-state index is -1.45. The first-order valence-electron chi connectivity index (χ1n) is 20.4. The normalized spacial score (nSPS) is 11.1. The zero-order chi connectivity index (χ0) is 48.4. The van der Waals surface area contributed by atoms with E-state index in [0.717, 1.165) is 18.2 Å². The number of aliphatic carboxylic acids is 1. The summed E-state index contributed by atoms with van der Waals surface area (Å²) in [6.45, 7) is 3.42. The third-order valence-electron chi connectivity index (χ3n) is 10.1. The molecule has 68 heavy (non-hydrogen) atoms. The van der Waals surface area contributed by atoms with Gasteiger partial charge in [0, 0.05) is 45.8 Å². The lowest BCUT2D eigenvalue weighted by Crippen LogP contribution is -2.20. The van der Waals surface area contributed by atoms with Crippen molar-refractivity contribution < 1.29 is 58.7 Å². The van der Waals surface area contributed by atoms with E-state index in [4.69, 9.17) is 20.3 Å². The number of fused-ring (bicyclic) bond motifs is 4. The number of nitrogens with one attached hydrogen (secondary N) is 4. The summed E-state index contributed by atoms with van der Waals surface area (Å²) < 4.78 is 11.4. The van der Waals surface area contributed by atoms with Crippen LogP contribution in [0.5, 0.6) is 23.0 Å². The molecule has 0 bridgehead atoms. The molecular formula is C47H37N9O12. The highest BCUT2D eigenvalue weighted by molar-refractivity contribution is 6.14. The molecule has 8 aromatic rings. The van der Waals surface area contributed by atoms with Gasteiger partial charge in [0.25, 0.3) is 17.7 Å². The number of nitrogens with two attached hydrogens (primary N) is 1. The van der Waals surface area contributed by atoms with E-state index < -0.39 is 53.7 Å². The van der Waals surface area contributed by atoms with Crippen molar-refractivity contribution in [1.82, 2.24) is 19.9 Å². The maximum absolute atomic E-state index is 13.9. The molecule has 4 aromatic heterocycles. The summed E-state index contributed by atoms with van der Waals surface area (Å²) in [6.07, 6.45) is 0. The van der Waals surface area contributed by atoms with Gasteiger partial charge >= 0.3 is 18.0 Å². The summed E-state index contributed by atoms with van der Waals surface area (Å²) in [5.74, 6) is -5.66. The Morgan fingerprint density at radius 2 is 0.897 bits per heavy atom. The van der Waals surface area contributed by atoms with E-state index in [2.05, 4.69) is 41.2 Å². The zero-order valence-corrected chi connectivity index (χ0v) is 35.7. The van der Waals surface area contributed by atoms with Crippen molar-refractivity contribution in [3.63, 3.8) is 0 Å². The number of anilines is 4. The van der Waals surface area contributed by atoms with Crippen molar-refractivity contribution in [1.29, 1.82) is 0 Å². The summed E-state index contributed by atoms with van der Waals surface area (Å²) in [4.78, 5) is 94.1. The molecule has 0 unspecified atom stereocenters. The van der Waals surface area contributed by atoms with E-state index >= 15 is 0 Å². The Morgan fingerprint density at radius 1 is 0.529 bits per heavy atom. The molecule has 4 heterocycles. The number of carboxylic acids is 2. The Bertz CT molecular complexity index is 3440. The Morgan fingerprint density at radius 3 is 1.31 bits per heavy atom. The fraction of sp³-hybridized carbons (Fsp3) is 0.106. The van der Waals surface area contributed by atoms with Crippen LogP contribution in [0, 0.1) is 5.92 Å². The fourth-order valence-electron chi connectivity index (χ4n) is 7.08. The van der Waals surface area contributed by atoms with Crippen molar-refractivity contribution in [2.24, 2.45) is 11.7 Å². The number of nitrogens with zero attached hydrogens (tertiary/aromatic N) is 4. The quantitative estimate of drug-likeness (QED) is 0.0545. The summed E-state index contributed by atoms with van der Waals surface area (Å²) in [5.41, 5.74) is 4.65. The fourth-order valence-corrected chi connectivity index (χ4v) is 7.08.